The van der Waals surface area contributed by atoms with E-state index in [0.717, 1.165) is 0 Å². The number of rotatable bonds is 15. The molecule has 10 heteroatoms. The van der Waals surface area contributed by atoms with Gasteiger partial charge in [-0.25, -0.2) is 9.59 Å². The van der Waals surface area contributed by atoms with Crippen LogP contribution in [-0.4, -0.2) is 87.1 Å². The first-order chi connectivity index (χ1) is 10.5. The molecule has 0 aromatic heterocycles. The molecule has 130 valence electrons. The highest BCUT2D eigenvalue weighted by atomic mass is 16.6. The standard InChI is InChI=1S/C12H24N2O8/c13-1-3-19-5-7-21-9(11(15)16)10(12(17)18)22-8-6-20-4-2-14/h9-10H,1-8,13-14H2,(H,15,16)(H,17,18). The Morgan fingerprint density at radius 2 is 1.09 bits per heavy atom. The molecular weight excluding hydrogens is 300 g/mol. The molecule has 6 N–H and O–H groups in total. The molecule has 0 aromatic carbocycles. The zero-order chi connectivity index (χ0) is 16.8. The van der Waals surface area contributed by atoms with Crippen molar-refractivity contribution >= 4 is 11.9 Å². The third-order valence-electron chi connectivity index (χ3n) is 2.34. The summed E-state index contributed by atoms with van der Waals surface area (Å²) in [6.07, 6.45) is -3.29. The molecule has 0 aliphatic heterocycles. The molecule has 0 aliphatic rings. The third-order valence-corrected chi connectivity index (χ3v) is 2.34. The number of carboxylic acids is 2. The molecule has 0 spiro atoms. The maximum Gasteiger partial charge on any atom is 0.336 e. The first kappa shape index (κ1) is 20.7. The van der Waals surface area contributed by atoms with Crippen LogP contribution in [0, 0.1) is 0 Å². The van der Waals surface area contributed by atoms with Gasteiger partial charge in [-0.15, -0.1) is 0 Å². The van der Waals surface area contributed by atoms with Gasteiger partial charge in [-0.3, -0.25) is 0 Å². The summed E-state index contributed by atoms with van der Waals surface area (Å²) in [5, 5.41) is 18.1. The van der Waals surface area contributed by atoms with Crippen LogP contribution in [0.4, 0.5) is 0 Å². The lowest BCUT2D eigenvalue weighted by Crippen LogP contribution is -2.44. The fourth-order valence-corrected chi connectivity index (χ4v) is 1.42. The second-order valence-electron chi connectivity index (χ2n) is 4.06. The Bertz CT molecular complexity index is 286. The lowest BCUT2D eigenvalue weighted by molar-refractivity contribution is -0.179. The van der Waals surface area contributed by atoms with Crippen LogP contribution in [0.25, 0.3) is 0 Å². The lowest BCUT2D eigenvalue weighted by Gasteiger charge is -2.21. The summed E-state index contributed by atoms with van der Waals surface area (Å²) in [6.45, 7) is 1.29. The van der Waals surface area contributed by atoms with Crippen molar-refractivity contribution in [2.75, 3.05) is 52.7 Å². The maximum atomic E-state index is 11.1. The van der Waals surface area contributed by atoms with Crippen LogP contribution in [0.3, 0.4) is 0 Å². The van der Waals surface area contributed by atoms with Crippen molar-refractivity contribution < 1.29 is 38.7 Å². The van der Waals surface area contributed by atoms with Gasteiger partial charge in [-0.1, -0.05) is 0 Å². The van der Waals surface area contributed by atoms with Crippen molar-refractivity contribution in [3.63, 3.8) is 0 Å². The van der Waals surface area contributed by atoms with E-state index in [1.54, 1.807) is 0 Å². The van der Waals surface area contributed by atoms with Gasteiger partial charge in [-0.05, 0) is 0 Å². The van der Waals surface area contributed by atoms with Crippen LogP contribution < -0.4 is 11.5 Å². The first-order valence-corrected chi connectivity index (χ1v) is 6.79. The summed E-state index contributed by atoms with van der Waals surface area (Å²) < 4.78 is 20.1. The molecule has 2 atom stereocenters. The van der Waals surface area contributed by atoms with Crippen LogP contribution in [0.1, 0.15) is 0 Å². The molecule has 0 heterocycles. The van der Waals surface area contributed by atoms with Crippen LogP contribution in [0.5, 0.6) is 0 Å². The van der Waals surface area contributed by atoms with Gasteiger partial charge in [-0.2, -0.15) is 0 Å². The van der Waals surface area contributed by atoms with Crippen molar-refractivity contribution in [1.82, 2.24) is 0 Å². The molecule has 0 bridgehead atoms. The first-order valence-electron chi connectivity index (χ1n) is 6.79. The smallest absolute Gasteiger partial charge is 0.336 e. The van der Waals surface area contributed by atoms with Gasteiger partial charge in [0.2, 0.25) is 0 Å². The number of hydrogen-bond acceptors (Lipinski definition) is 8. The van der Waals surface area contributed by atoms with E-state index in [9.17, 15) is 9.59 Å². The highest BCUT2D eigenvalue weighted by Gasteiger charge is 2.35. The fraction of sp³-hybridized carbons (Fsp3) is 0.833. The van der Waals surface area contributed by atoms with E-state index < -0.39 is 24.1 Å². The van der Waals surface area contributed by atoms with Gasteiger partial charge in [0.15, 0.2) is 12.2 Å². The van der Waals surface area contributed by atoms with E-state index in [0.29, 0.717) is 26.3 Å². The van der Waals surface area contributed by atoms with E-state index in [-0.39, 0.29) is 26.4 Å². The molecule has 0 saturated heterocycles. The van der Waals surface area contributed by atoms with Gasteiger partial charge in [0.25, 0.3) is 0 Å². The molecule has 0 saturated carbocycles. The average Bonchev–Trinajstić information content (AvgIpc) is 2.47. The van der Waals surface area contributed by atoms with Crippen LogP contribution in [0.2, 0.25) is 0 Å². The molecule has 0 aliphatic carbocycles. The topological polar surface area (TPSA) is 164 Å². The van der Waals surface area contributed by atoms with Gasteiger partial charge in [0.05, 0.1) is 39.6 Å². The van der Waals surface area contributed by atoms with Crippen LogP contribution in [0.15, 0.2) is 0 Å². The van der Waals surface area contributed by atoms with Gasteiger partial charge in [0, 0.05) is 13.1 Å². The Kier molecular flexibility index (Phi) is 12.6. The number of ether oxygens (including phenoxy) is 4. The normalized spacial score (nSPS) is 13.7. The SMILES string of the molecule is NCCOCCOC(C(=O)O)C(OCCOCCN)C(=O)O. The van der Waals surface area contributed by atoms with Crippen molar-refractivity contribution in [3.8, 4) is 0 Å². The minimum absolute atomic E-state index is 0.0895. The molecule has 0 aromatic rings. The predicted octanol–water partition coefficient (Wildman–Crippen LogP) is -2.12. The molecule has 10 nitrogen and oxygen atoms in total. The highest BCUT2D eigenvalue weighted by Crippen LogP contribution is 2.06. The largest absolute Gasteiger partial charge is 0.479 e. The van der Waals surface area contributed by atoms with E-state index in [1.807, 2.05) is 0 Å². The third kappa shape index (κ3) is 9.60. The van der Waals surface area contributed by atoms with Crippen LogP contribution >= 0.6 is 0 Å². The highest BCUT2D eigenvalue weighted by molar-refractivity contribution is 5.83. The van der Waals surface area contributed by atoms with Crippen molar-refractivity contribution in [1.29, 1.82) is 0 Å². The van der Waals surface area contributed by atoms with Crippen LogP contribution in [-0.2, 0) is 28.5 Å². The lowest BCUT2D eigenvalue weighted by atomic mass is 10.2. The van der Waals surface area contributed by atoms with Crippen molar-refractivity contribution in [2.24, 2.45) is 11.5 Å². The average molecular weight is 324 g/mol. The molecule has 0 fully saturated rings. The summed E-state index contributed by atoms with van der Waals surface area (Å²) in [4.78, 5) is 22.2. The number of hydrogen-bond donors (Lipinski definition) is 4. The molecule has 22 heavy (non-hydrogen) atoms. The minimum atomic E-state index is -1.64. The fourth-order valence-electron chi connectivity index (χ4n) is 1.42. The molecule has 0 radical (unpaired) electrons. The summed E-state index contributed by atoms with van der Waals surface area (Å²) in [5.41, 5.74) is 10.4. The second-order valence-corrected chi connectivity index (χ2v) is 4.06. The number of carbonyl (C=O) groups is 2. The van der Waals surface area contributed by atoms with Crippen molar-refractivity contribution in [2.45, 2.75) is 12.2 Å². The molecular formula is C12H24N2O8. The molecule has 0 rings (SSSR count). The van der Waals surface area contributed by atoms with Gasteiger partial charge >= 0.3 is 11.9 Å². The van der Waals surface area contributed by atoms with E-state index >= 15 is 0 Å². The zero-order valence-electron chi connectivity index (χ0n) is 12.3. The van der Waals surface area contributed by atoms with E-state index in [1.165, 1.54) is 0 Å². The minimum Gasteiger partial charge on any atom is -0.479 e. The maximum absolute atomic E-state index is 11.1. The predicted molar refractivity (Wildman–Crippen MR) is 74.5 cm³/mol. The second kappa shape index (κ2) is 13.4. The Morgan fingerprint density at radius 1 is 0.727 bits per heavy atom. The van der Waals surface area contributed by atoms with E-state index in [4.69, 9.17) is 40.6 Å². The summed E-state index contributed by atoms with van der Waals surface area (Å²) >= 11 is 0. The van der Waals surface area contributed by atoms with Gasteiger partial charge < -0.3 is 40.6 Å². The molecule has 0 amide bonds. The monoisotopic (exact) mass is 324 g/mol. The number of nitrogens with two attached hydrogens (primary N) is 2. The number of aliphatic carboxylic acids is 2. The Balaban J connectivity index is 4.29. The summed E-state index contributed by atoms with van der Waals surface area (Å²) in [7, 11) is 0. The Hall–Kier alpha value is -1.30. The summed E-state index contributed by atoms with van der Waals surface area (Å²) in [5.74, 6) is -2.87. The van der Waals surface area contributed by atoms with Gasteiger partial charge in [0.1, 0.15) is 0 Å². The van der Waals surface area contributed by atoms with Crippen molar-refractivity contribution in [3.05, 3.63) is 0 Å². The quantitative estimate of drug-likeness (QED) is 0.245. The Morgan fingerprint density at radius 3 is 1.36 bits per heavy atom. The summed E-state index contributed by atoms with van der Waals surface area (Å²) in [6, 6.07) is 0. The number of carboxylic acid groups (broad SMARTS) is 2. The van der Waals surface area contributed by atoms with E-state index in [2.05, 4.69) is 0 Å². The Labute approximate surface area is 128 Å². The molecule has 2 unspecified atom stereocenters. The zero-order valence-corrected chi connectivity index (χ0v) is 12.3.